The molecule has 0 bridgehead atoms. The Morgan fingerprint density at radius 3 is 3.05 bits per heavy atom. The first-order valence-corrected chi connectivity index (χ1v) is 6.14. The molecule has 1 aliphatic heterocycles. The third kappa shape index (κ3) is 2.52. The van der Waals surface area contributed by atoms with Crippen LogP contribution in [-0.2, 0) is 0 Å². The summed E-state index contributed by atoms with van der Waals surface area (Å²) in [5, 5.41) is 19.9. The van der Waals surface area contributed by atoms with Crippen LogP contribution in [0.15, 0.2) is 12.3 Å². The fraction of sp³-hybridized carbons (Fsp3) is 0.455. The Balaban J connectivity index is 2.39. The highest BCUT2D eigenvalue weighted by Crippen LogP contribution is 2.29. The number of hydrogen-bond donors (Lipinski definition) is 1. The van der Waals surface area contributed by atoms with Crippen molar-refractivity contribution in [1.29, 1.82) is 0 Å². The second kappa shape index (κ2) is 5.50. The van der Waals surface area contributed by atoms with Crippen LogP contribution in [0.1, 0.15) is 23.2 Å². The number of aromatic nitrogens is 1. The van der Waals surface area contributed by atoms with Gasteiger partial charge in [-0.05, 0) is 18.9 Å². The summed E-state index contributed by atoms with van der Waals surface area (Å²) in [6.45, 7) is 0.319. The minimum atomic E-state index is -0.716. The molecule has 0 saturated carbocycles. The van der Waals surface area contributed by atoms with Gasteiger partial charge in [-0.1, -0.05) is 11.6 Å². The number of nitro groups is 1. The molecule has 1 fully saturated rings. The van der Waals surface area contributed by atoms with E-state index in [1.807, 2.05) is 0 Å². The van der Waals surface area contributed by atoms with Gasteiger partial charge in [-0.2, -0.15) is 0 Å². The van der Waals surface area contributed by atoms with Crippen LogP contribution < -0.4 is 0 Å². The minimum absolute atomic E-state index is 0.0923. The van der Waals surface area contributed by atoms with Gasteiger partial charge in [0.2, 0.25) is 5.15 Å². The third-order valence-corrected chi connectivity index (χ3v) is 3.42. The number of nitrogens with zero attached hydrogens (tertiary/aromatic N) is 3. The van der Waals surface area contributed by atoms with Crippen molar-refractivity contribution in [3.63, 3.8) is 0 Å². The molecular weight excluding hydrogens is 274 g/mol. The van der Waals surface area contributed by atoms with Crippen LogP contribution in [0.2, 0.25) is 5.15 Å². The standard InChI is InChI=1S/C11H12ClN3O4/c12-10-9(15(18)19)8(3-4-13-10)11(17)14-5-1-2-7(14)6-16/h3-4,7,16H,1-2,5-6H2/t7-/m0/s1. The van der Waals surface area contributed by atoms with Crippen molar-refractivity contribution < 1.29 is 14.8 Å². The van der Waals surface area contributed by atoms with Crippen LogP contribution in [-0.4, -0.2) is 45.0 Å². The molecular formula is C11H12ClN3O4. The van der Waals surface area contributed by atoms with Crippen molar-refractivity contribution in [2.24, 2.45) is 0 Å². The average Bonchev–Trinajstić information content (AvgIpc) is 2.85. The first kappa shape index (κ1) is 13.7. The lowest BCUT2D eigenvalue weighted by molar-refractivity contribution is -0.385. The number of carbonyl (C=O) groups excluding carboxylic acids is 1. The molecule has 1 aliphatic rings. The fourth-order valence-electron chi connectivity index (χ4n) is 2.22. The maximum atomic E-state index is 12.3. The molecule has 2 rings (SSSR count). The maximum absolute atomic E-state index is 12.3. The van der Waals surface area contributed by atoms with E-state index in [0.29, 0.717) is 13.0 Å². The molecule has 1 amide bonds. The monoisotopic (exact) mass is 285 g/mol. The summed E-state index contributed by atoms with van der Waals surface area (Å²) in [4.78, 5) is 27.6. The Kier molecular flexibility index (Phi) is 3.96. The molecule has 1 aromatic heterocycles. The average molecular weight is 286 g/mol. The Hall–Kier alpha value is -1.73. The predicted molar refractivity (Wildman–Crippen MR) is 67.0 cm³/mol. The molecule has 1 saturated heterocycles. The smallest absolute Gasteiger partial charge is 0.319 e. The molecule has 1 atom stereocenters. The fourth-order valence-corrected chi connectivity index (χ4v) is 2.45. The van der Waals surface area contributed by atoms with Crippen molar-refractivity contribution in [2.75, 3.05) is 13.2 Å². The van der Waals surface area contributed by atoms with Gasteiger partial charge in [0, 0.05) is 12.7 Å². The zero-order valence-electron chi connectivity index (χ0n) is 9.95. The SMILES string of the molecule is O=C(c1ccnc(Cl)c1[N+](=O)[O-])N1CCC[C@H]1CO. The van der Waals surface area contributed by atoms with E-state index in [1.165, 1.54) is 17.2 Å². The van der Waals surface area contributed by atoms with Gasteiger partial charge in [-0.3, -0.25) is 14.9 Å². The molecule has 2 heterocycles. The molecule has 19 heavy (non-hydrogen) atoms. The maximum Gasteiger partial charge on any atom is 0.319 e. The van der Waals surface area contributed by atoms with E-state index in [2.05, 4.69) is 4.98 Å². The van der Waals surface area contributed by atoms with Gasteiger partial charge < -0.3 is 10.0 Å². The van der Waals surface area contributed by atoms with E-state index >= 15 is 0 Å². The van der Waals surface area contributed by atoms with Crippen molar-refractivity contribution in [2.45, 2.75) is 18.9 Å². The van der Waals surface area contributed by atoms with Crippen LogP contribution in [0, 0.1) is 10.1 Å². The molecule has 0 aliphatic carbocycles. The number of carbonyl (C=O) groups is 1. The van der Waals surface area contributed by atoms with Crippen molar-refractivity contribution in [3.8, 4) is 0 Å². The van der Waals surface area contributed by atoms with Gasteiger partial charge in [0.25, 0.3) is 5.91 Å². The van der Waals surface area contributed by atoms with Crippen LogP contribution >= 0.6 is 11.6 Å². The van der Waals surface area contributed by atoms with Gasteiger partial charge in [0.05, 0.1) is 17.6 Å². The highest BCUT2D eigenvalue weighted by Gasteiger charge is 2.33. The first-order chi connectivity index (χ1) is 9.06. The molecule has 1 aromatic rings. The van der Waals surface area contributed by atoms with Crippen LogP contribution in [0.3, 0.4) is 0 Å². The van der Waals surface area contributed by atoms with E-state index in [1.54, 1.807) is 0 Å². The summed E-state index contributed by atoms with van der Waals surface area (Å²) in [6.07, 6.45) is 2.71. The van der Waals surface area contributed by atoms with Gasteiger partial charge in [0.1, 0.15) is 5.56 Å². The summed E-state index contributed by atoms with van der Waals surface area (Å²) in [5.74, 6) is -0.493. The second-order valence-corrected chi connectivity index (χ2v) is 4.59. The first-order valence-electron chi connectivity index (χ1n) is 5.77. The number of rotatable bonds is 3. The van der Waals surface area contributed by atoms with E-state index < -0.39 is 16.5 Å². The second-order valence-electron chi connectivity index (χ2n) is 4.23. The Morgan fingerprint density at radius 1 is 1.68 bits per heavy atom. The Labute approximate surface area is 114 Å². The Morgan fingerprint density at radius 2 is 2.42 bits per heavy atom. The number of pyridine rings is 1. The summed E-state index contributed by atoms with van der Waals surface area (Å²) in [7, 11) is 0. The highest BCUT2D eigenvalue weighted by molar-refractivity contribution is 6.32. The van der Waals surface area contributed by atoms with E-state index in [-0.39, 0.29) is 23.4 Å². The quantitative estimate of drug-likeness (QED) is 0.512. The van der Waals surface area contributed by atoms with Gasteiger partial charge in [-0.15, -0.1) is 0 Å². The predicted octanol–water partition coefficient (Wildman–Crippen LogP) is 1.24. The van der Waals surface area contributed by atoms with Gasteiger partial charge in [-0.25, -0.2) is 4.98 Å². The van der Waals surface area contributed by atoms with Gasteiger partial charge >= 0.3 is 5.69 Å². The van der Waals surface area contributed by atoms with Crippen LogP contribution in [0.25, 0.3) is 0 Å². The Bertz CT molecular complexity index is 523. The van der Waals surface area contributed by atoms with Crippen molar-refractivity contribution >= 4 is 23.2 Å². The van der Waals surface area contributed by atoms with E-state index in [4.69, 9.17) is 11.6 Å². The van der Waals surface area contributed by atoms with Crippen molar-refractivity contribution in [3.05, 3.63) is 33.1 Å². The van der Waals surface area contributed by atoms with E-state index in [0.717, 1.165) is 6.42 Å². The zero-order chi connectivity index (χ0) is 14.0. The number of aliphatic hydroxyl groups is 1. The molecule has 1 N–H and O–H groups in total. The summed E-state index contributed by atoms with van der Waals surface area (Å²) < 4.78 is 0. The summed E-state index contributed by atoms with van der Waals surface area (Å²) in [6, 6.07) is 0.984. The number of likely N-dealkylation sites (tertiary alicyclic amines) is 1. The summed E-state index contributed by atoms with van der Waals surface area (Å²) in [5.41, 5.74) is -0.580. The lowest BCUT2D eigenvalue weighted by atomic mass is 10.1. The lowest BCUT2D eigenvalue weighted by Crippen LogP contribution is -2.37. The molecule has 8 heteroatoms. The lowest BCUT2D eigenvalue weighted by Gasteiger charge is -2.22. The normalized spacial score (nSPS) is 18.6. The number of amides is 1. The number of aliphatic hydroxyl groups excluding tert-OH is 1. The number of halogens is 1. The zero-order valence-corrected chi connectivity index (χ0v) is 10.7. The molecule has 0 radical (unpaired) electrons. The van der Waals surface area contributed by atoms with Crippen molar-refractivity contribution in [1.82, 2.24) is 9.88 Å². The largest absolute Gasteiger partial charge is 0.394 e. The highest BCUT2D eigenvalue weighted by atomic mass is 35.5. The molecule has 0 aromatic carbocycles. The minimum Gasteiger partial charge on any atom is -0.394 e. The molecule has 102 valence electrons. The van der Waals surface area contributed by atoms with Crippen LogP contribution in [0.5, 0.6) is 0 Å². The summed E-state index contributed by atoms with van der Waals surface area (Å²) >= 11 is 5.67. The van der Waals surface area contributed by atoms with Gasteiger partial charge in [0.15, 0.2) is 0 Å². The number of hydrogen-bond acceptors (Lipinski definition) is 5. The molecule has 0 spiro atoms. The van der Waals surface area contributed by atoms with Crippen LogP contribution in [0.4, 0.5) is 5.69 Å². The molecule has 7 nitrogen and oxygen atoms in total. The third-order valence-electron chi connectivity index (χ3n) is 3.14. The molecule has 0 unspecified atom stereocenters. The van der Waals surface area contributed by atoms with E-state index in [9.17, 15) is 20.0 Å². The topological polar surface area (TPSA) is 96.6 Å².